The summed E-state index contributed by atoms with van der Waals surface area (Å²) in [7, 11) is -3.35. The van der Waals surface area contributed by atoms with Crippen LogP contribution in [-0.2, 0) is 9.84 Å². The van der Waals surface area contributed by atoms with Crippen LogP contribution in [0.3, 0.4) is 0 Å². The SMILES string of the molecule is CS(=O)(=O)c1ccc(-c2oc3ccccc3c(=O)c2-c2ccc(F)cc2)cc1. The van der Waals surface area contributed by atoms with Crippen LogP contribution in [0.25, 0.3) is 33.4 Å². The Bertz CT molecular complexity index is 1340. The Morgan fingerprint density at radius 1 is 0.821 bits per heavy atom. The van der Waals surface area contributed by atoms with Crippen molar-refractivity contribution in [3.8, 4) is 22.5 Å². The smallest absolute Gasteiger partial charge is 0.201 e. The van der Waals surface area contributed by atoms with E-state index in [-0.39, 0.29) is 10.3 Å². The van der Waals surface area contributed by atoms with Gasteiger partial charge in [-0.1, -0.05) is 24.3 Å². The lowest BCUT2D eigenvalue weighted by molar-refractivity contribution is 0.601. The van der Waals surface area contributed by atoms with Gasteiger partial charge >= 0.3 is 0 Å². The second kappa shape index (κ2) is 6.73. The summed E-state index contributed by atoms with van der Waals surface area (Å²) in [6.45, 7) is 0. The van der Waals surface area contributed by atoms with Gasteiger partial charge in [-0.2, -0.15) is 0 Å². The standard InChI is InChI=1S/C22H15FO4S/c1-28(25,26)17-12-8-15(9-13-17)22-20(14-6-10-16(23)11-7-14)21(24)18-4-2-3-5-19(18)27-22/h2-13H,1H3. The van der Waals surface area contributed by atoms with Gasteiger partial charge in [-0.05, 0) is 54.1 Å². The predicted octanol–water partition coefficient (Wildman–Crippen LogP) is 4.67. The van der Waals surface area contributed by atoms with Crippen LogP contribution < -0.4 is 5.43 Å². The summed E-state index contributed by atoms with van der Waals surface area (Å²) in [6, 6.07) is 18.6. The third kappa shape index (κ3) is 3.23. The van der Waals surface area contributed by atoms with Gasteiger partial charge in [0, 0.05) is 11.8 Å². The van der Waals surface area contributed by atoms with Crippen LogP contribution in [0.5, 0.6) is 0 Å². The number of fused-ring (bicyclic) bond motifs is 1. The Morgan fingerprint density at radius 2 is 1.43 bits per heavy atom. The fourth-order valence-electron chi connectivity index (χ4n) is 3.08. The molecule has 1 aromatic heterocycles. The van der Waals surface area contributed by atoms with Gasteiger partial charge in [0.1, 0.15) is 17.2 Å². The molecule has 6 heteroatoms. The van der Waals surface area contributed by atoms with Crippen molar-refractivity contribution in [3.63, 3.8) is 0 Å². The zero-order valence-corrected chi connectivity index (χ0v) is 15.7. The molecule has 0 aliphatic rings. The first-order valence-corrected chi connectivity index (χ1v) is 10.4. The number of para-hydroxylation sites is 1. The van der Waals surface area contributed by atoms with Gasteiger partial charge < -0.3 is 4.42 Å². The summed E-state index contributed by atoms with van der Waals surface area (Å²) in [5, 5.41) is 0.415. The monoisotopic (exact) mass is 394 g/mol. The van der Waals surface area contributed by atoms with E-state index in [9.17, 15) is 17.6 Å². The van der Waals surface area contributed by atoms with Crippen LogP contribution in [0.4, 0.5) is 4.39 Å². The molecular weight excluding hydrogens is 379 g/mol. The van der Waals surface area contributed by atoms with Crippen molar-refractivity contribution in [2.45, 2.75) is 4.90 Å². The van der Waals surface area contributed by atoms with Crippen molar-refractivity contribution in [3.05, 3.63) is 88.8 Å². The van der Waals surface area contributed by atoms with E-state index in [4.69, 9.17) is 4.42 Å². The molecule has 4 rings (SSSR count). The molecular formula is C22H15FO4S. The number of sulfone groups is 1. The average Bonchev–Trinajstić information content (AvgIpc) is 2.68. The van der Waals surface area contributed by atoms with Crippen molar-refractivity contribution in [2.24, 2.45) is 0 Å². The fraction of sp³-hybridized carbons (Fsp3) is 0.0455. The summed E-state index contributed by atoms with van der Waals surface area (Å²) in [4.78, 5) is 13.4. The molecule has 0 N–H and O–H groups in total. The summed E-state index contributed by atoms with van der Waals surface area (Å²) < 4.78 is 42.8. The van der Waals surface area contributed by atoms with Gasteiger partial charge in [0.2, 0.25) is 5.43 Å². The highest BCUT2D eigenvalue weighted by Crippen LogP contribution is 2.33. The molecule has 0 amide bonds. The summed E-state index contributed by atoms with van der Waals surface area (Å²) >= 11 is 0. The van der Waals surface area contributed by atoms with Crippen molar-refractivity contribution in [1.82, 2.24) is 0 Å². The Morgan fingerprint density at radius 3 is 2.07 bits per heavy atom. The van der Waals surface area contributed by atoms with Crippen LogP contribution in [-0.4, -0.2) is 14.7 Å². The number of hydrogen-bond donors (Lipinski definition) is 0. The van der Waals surface area contributed by atoms with Crippen LogP contribution in [0.2, 0.25) is 0 Å². The highest BCUT2D eigenvalue weighted by molar-refractivity contribution is 7.90. The van der Waals surface area contributed by atoms with Gasteiger partial charge in [-0.3, -0.25) is 4.79 Å². The third-order valence-corrected chi connectivity index (χ3v) is 5.60. The summed E-state index contributed by atoms with van der Waals surface area (Å²) in [5.74, 6) is -0.108. The molecule has 0 fully saturated rings. The van der Waals surface area contributed by atoms with E-state index >= 15 is 0 Å². The Balaban J connectivity index is 2.03. The second-order valence-corrected chi connectivity index (χ2v) is 8.45. The number of hydrogen-bond acceptors (Lipinski definition) is 4. The predicted molar refractivity (Wildman–Crippen MR) is 106 cm³/mol. The van der Waals surface area contributed by atoms with E-state index in [1.54, 1.807) is 36.4 Å². The number of halogens is 1. The highest BCUT2D eigenvalue weighted by Gasteiger charge is 2.18. The maximum absolute atomic E-state index is 13.4. The maximum atomic E-state index is 13.4. The minimum atomic E-state index is -3.35. The quantitative estimate of drug-likeness (QED) is 0.507. The Kier molecular flexibility index (Phi) is 4.35. The minimum Gasteiger partial charge on any atom is -0.455 e. The van der Waals surface area contributed by atoms with Crippen molar-refractivity contribution < 1.29 is 17.2 Å². The number of benzene rings is 3. The molecule has 0 unspecified atom stereocenters. The van der Waals surface area contributed by atoms with Crippen LogP contribution >= 0.6 is 0 Å². The van der Waals surface area contributed by atoms with Crippen LogP contribution in [0.1, 0.15) is 0 Å². The van der Waals surface area contributed by atoms with E-state index < -0.39 is 15.7 Å². The lowest BCUT2D eigenvalue weighted by atomic mass is 9.98. The first-order valence-electron chi connectivity index (χ1n) is 8.47. The summed E-state index contributed by atoms with van der Waals surface area (Å²) in [6.07, 6.45) is 1.13. The van der Waals surface area contributed by atoms with Gasteiger partial charge in [0.05, 0.1) is 15.8 Å². The molecule has 0 spiro atoms. The van der Waals surface area contributed by atoms with E-state index in [1.807, 2.05) is 0 Å². The van der Waals surface area contributed by atoms with E-state index in [0.29, 0.717) is 33.4 Å². The summed E-state index contributed by atoms with van der Waals surface area (Å²) in [5.41, 5.74) is 1.54. The molecule has 4 nitrogen and oxygen atoms in total. The molecule has 1 heterocycles. The molecule has 3 aromatic carbocycles. The maximum Gasteiger partial charge on any atom is 0.201 e. The molecule has 4 aromatic rings. The fourth-order valence-corrected chi connectivity index (χ4v) is 3.71. The van der Waals surface area contributed by atoms with Gasteiger partial charge in [-0.25, -0.2) is 12.8 Å². The molecule has 0 aliphatic carbocycles. The Labute approximate surface area is 160 Å². The lowest BCUT2D eigenvalue weighted by Crippen LogP contribution is -2.07. The molecule has 0 saturated heterocycles. The van der Waals surface area contributed by atoms with Crippen LogP contribution in [0, 0.1) is 5.82 Å². The first-order chi connectivity index (χ1) is 13.3. The van der Waals surface area contributed by atoms with Gasteiger partial charge in [0.15, 0.2) is 9.84 Å². The van der Waals surface area contributed by atoms with Gasteiger partial charge in [-0.15, -0.1) is 0 Å². The zero-order valence-electron chi connectivity index (χ0n) is 14.8. The topological polar surface area (TPSA) is 64.3 Å². The van der Waals surface area contributed by atoms with E-state index in [1.165, 1.54) is 36.4 Å². The van der Waals surface area contributed by atoms with Crippen LogP contribution in [0.15, 0.2) is 86.9 Å². The first kappa shape index (κ1) is 18.1. The molecule has 28 heavy (non-hydrogen) atoms. The molecule has 0 saturated carbocycles. The van der Waals surface area contributed by atoms with Crippen molar-refractivity contribution >= 4 is 20.8 Å². The molecule has 140 valence electrons. The van der Waals surface area contributed by atoms with E-state index in [0.717, 1.165) is 6.26 Å². The van der Waals surface area contributed by atoms with Crippen molar-refractivity contribution in [1.29, 1.82) is 0 Å². The second-order valence-electron chi connectivity index (χ2n) is 6.43. The zero-order chi connectivity index (χ0) is 19.9. The largest absolute Gasteiger partial charge is 0.455 e. The van der Waals surface area contributed by atoms with Crippen molar-refractivity contribution in [2.75, 3.05) is 6.26 Å². The van der Waals surface area contributed by atoms with E-state index in [2.05, 4.69) is 0 Å². The van der Waals surface area contributed by atoms with Gasteiger partial charge in [0.25, 0.3) is 0 Å². The molecule has 0 radical (unpaired) electrons. The number of rotatable bonds is 3. The Hall–Kier alpha value is -3.25. The highest BCUT2D eigenvalue weighted by atomic mass is 32.2. The third-order valence-electron chi connectivity index (χ3n) is 4.48. The molecule has 0 bridgehead atoms. The minimum absolute atomic E-state index is 0.169. The normalized spacial score (nSPS) is 11.6. The molecule has 0 atom stereocenters. The molecule has 0 aliphatic heterocycles. The average molecular weight is 394 g/mol. The lowest BCUT2D eigenvalue weighted by Gasteiger charge is -2.11.